The Morgan fingerprint density at radius 1 is 0.815 bits per heavy atom. The number of thiocarbonyl (C=S) groups is 2. The van der Waals surface area contributed by atoms with Gasteiger partial charge in [-0.3, -0.25) is 0 Å². The van der Waals surface area contributed by atoms with Gasteiger partial charge in [0.1, 0.15) is 11.5 Å². The summed E-state index contributed by atoms with van der Waals surface area (Å²) in [6, 6.07) is 15.2. The number of hydrogen-bond donors (Lipinski definition) is 4. The third-order valence-electron chi connectivity index (χ3n) is 3.64. The van der Waals surface area contributed by atoms with Gasteiger partial charge in [-0.05, 0) is 79.9 Å². The molecule has 0 aromatic heterocycles. The highest BCUT2D eigenvalue weighted by atomic mass is 32.1. The van der Waals surface area contributed by atoms with Crippen molar-refractivity contribution in [2.24, 2.45) is 0 Å². The Bertz CT molecular complexity index is 751. The third kappa shape index (κ3) is 7.28. The van der Waals surface area contributed by atoms with E-state index in [0.29, 0.717) is 16.8 Å². The molecule has 0 unspecified atom stereocenters. The van der Waals surface area contributed by atoms with Crippen LogP contribution in [0, 0.1) is 0 Å². The second-order valence-electron chi connectivity index (χ2n) is 5.79. The molecular weight excluding hydrogens is 380 g/mol. The van der Waals surface area contributed by atoms with Gasteiger partial charge >= 0.3 is 0 Å². The number of methoxy groups -OCH3 is 2. The van der Waals surface area contributed by atoms with Crippen molar-refractivity contribution in [1.82, 2.24) is 10.6 Å². The number of benzene rings is 2. The average molecular weight is 405 g/mol. The maximum Gasteiger partial charge on any atom is 0.171 e. The minimum Gasteiger partial charge on any atom is -0.497 e. The molecule has 0 bridgehead atoms. The first-order valence-corrected chi connectivity index (χ1v) is 9.22. The van der Waals surface area contributed by atoms with Crippen molar-refractivity contribution >= 4 is 46.0 Å². The van der Waals surface area contributed by atoms with Gasteiger partial charge in [0.25, 0.3) is 0 Å². The molecule has 2 aromatic rings. The average Bonchev–Trinajstić information content (AvgIpc) is 2.67. The van der Waals surface area contributed by atoms with Crippen LogP contribution in [0.15, 0.2) is 48.5 Å². The summed E-state index contributed by atoms with van der Waals surface area (Å²) in [6.45, 7) is 2.64. The molecule has 0 spiro atoms. The Morgan fingerprint density at radius 3 is 1.70 bits per heavy atom. The molecule has 0 radical (unpaired) electrons. The predicted octanol–water partition coefficient (Wildman–Crippen LogP) is 3.37. The summed E-state index contributed by atoms with van der Waals surface area (Å²) in [5.74, 6) is 1.60. The van der Waals surface area contributed by atoms with E-state index in [2.05, 4.69) is 21.3 Å². The van der Waals surface area contributed by atoms with E-state index in [-0.39, 0.29) is 6.04 Å². The molecule has 2 aromatic carbocycles. The fraction of sp³-hybridized carbons (Fsp3) is 0.263. The molecule has 8 heteroatoms. The lowest BCUT2D eigenvalue weighted by molar-refractivity contribution is 0.415. The number of hydrogen-bond acceptors (Lipinski definition) is 4. The minimum atomic E-state index is 0.0823. The van der Waals surface area contributed by atoms with Crippen LogP contribution in [0.3, 0.4) is 0 Å². The van der Waals surface area contributed by atoms with Crippen molar-refractivity contribution in [2.45, 2.75) is 13.0 Å². The summed E-state index contributed by atoms with van der Waals surface area (Å²) < 4.78 is 10.3. The van der Waals surface area contributed by atoms with Crippen LogP contribution in [0.1, 0.15) is 6.92 Å². The molecule has 0 aliphatic rings. The molecular formula is C19H24N4O2S2. The fourth-order valence-corrected chi connectivity index (χ4v) is 2.73. The summed E-state index contributed by atoms with van der Waals surface area (Å²) in [6.07, 6.45) is 0. The Kier molecular flexibility index (Phi) is 8.09. The molecule has 0 amide bonds. The Morgan fingerprint density at radius 2 is 1.26 bits per heavy atom. The van der Waals surface area contributed by atoms with Gasteiger partial charge in [0.15, 0.2) is 10.2 Å². The van der Waals surface area contributed by atoms with E-state index in [9.17, 15) is 0 Å². The molecule has 0 heterocycles. The van der Waals surface area contributed by atoms with E-state index in [4.69, 9.17) is 33.9 Å². The highest BCUT2D eigenvalue weighted by Crippen LogP contribution is 2.15. The van der Waals surface area contributed by atoms with Gasteiger partial charge in [0, 0.05) is 24.0 Å². The number of nitrogens with one attached hydrogen (secondary N) is 4. The zero-order valence-corrected chi connectivity index (χ0v) is 17.2. The zero-order valence-electron chi connectivity index (χ0n) is 15.5. The van der Waals surface area contributed by atoms with Crippen LogP contribution in [0.5, 0.6) is 11.5 Å². The monoisotopic (exact) mass is 404 g/mol. The van der Waals surface area contributed by atoms with Crippen LogP contribution in [0.2, 0.25) is 0 Å². The maximum absolute atomic E-state index is 5.34. The van der Waals surface area contributed by atoms with E-state index in [1.807, 2.05) is 55.5 Å². The van der Waals surface area contributed by atoms with Crippen molar-refractivity contribution < 1.29 is 9.47 Å². The number of ether oxygens (including phenoxy) is 2. The molecule has 2 rings (SSSR count). The summed E-state index contributed by atoms with van der Waals surface area (Å²) in [7, 11) is 3.27. The fourth-order valence-electron chi connectivity index (χ4n) is 2.21. The second-order valence-corrected chi connectivity index (χ2v) is 6.61. The normalized spacial score (nSPS) is 11.1. The summed E-state index contributed by atoms with van der Waals surface area (Å²) in [4.78, 5) is 0. The van der Waals surface area contributed by atoms with Gasteiger partial charge in [0.2, 0.25) is 0 Å². The van der Waals surface area contributed by atoms with Crippen molar-refractivity contribution in [2.75, 3.05) is 31.4 Å². The summed E-state index contributed by atoms with van der Waals surface area (Å²) in [5, 5.41) is 13.7. The van der Waals surface area contributed by atoms with Gasteiger partial charge in [-0.2, -0.15) is 0 Å². The molecule has 4 N–H and O–H groups in total. The van der Waals surface area contributed by atoms with Crippen molar-refractivity contribution in [3.8, 4) is 11.5 Å². The van der Waals surface area contributed by atoms with E-state index in [1.165, 1.54) is 0 Å². The first-order chi connectivity index (χ1) is 13.0. The molecule has 6 nitrogen and oxygen atoms in total. The minimum absolute atomic E-state index is 0.0823. The summed E-state index contributed by atoms with van der Waals surface area (Å²) >= 11 is 10.7. The lowest BCUT2D eigenvalue weighted by Crippen LogP contribution is -2.44. The van der Waals surface area contributed by atoms with Crippen molar-refractivity contribution in [3.63, 3.8) is 0 Å². The van der Waals surface area contributed by atoms with Crippen LogP contribution in [-0.4, -0.2) is 37.0 Å². The van der Waals surface area contributed by atoms with Crippen LogP contribution in [0.4, 0.5) is 11.4 Å². The Balaban J connectivity index is 1.71. The lowest BCUT2D eigenvalue weighted by atomic mass is 10.3. The molecule has 1 atom stereocenters. The van der Waals surface area contributed by atoms with Gasteiger partial charge in [-0.1, -0.05) is 0 Å². The first-order valence-electron chi connectivity index (χ1n) is 8.40. The van der Waals surface area contributed by atoms with Gasteiger partial charge in [-0.25, -0.2) is 0 Å². The standard InChI is InChI=1S/C19H24N4O2S2/c1-13(21-19(27)23-15-6-10-17(25-3)11-7-15)12-20-18(26)22-14-4-8-16(24-2)9-5-14/h4-11,13H,12H2,1-3H3,(H2,20,22,26)(H2,21,23,27)/t13-/m0/s1. The van der Waals surface area contributed by atoms with Crippen molar-refractivity contribution in [1.29, 1.82) is 0 Å². The van der Waals surface area contributed by atoms with Gasteiger partial charge in [-0.15, -0.1) is 0 Å². The van der Waals surface area contributed by atoms with Crippen LogP contribution in [0.25, 0.3) is 0 Å². The SMILES string of the molecule is COc1ccc(NC(=S)NC[C@H](C)NC(=S)Nc2ccc(OC)cc2)cc1. The molecule has 144 valence electrons. The molecule has 0 saturated heterocycles. The highest BCUT2D eigenvalue weighted by Gasteiger charge is 2.06. The molecule has 0 fully saturated rings. The zero-order chi connectivity index (χ0) is 19.6. The van der Waals surface area contributed by atoms with Gasteiger partial charge in [0.05, 0.1) is 14.2 Å². The smallest absolute Gasteiger partial charge is 0.171 e. The Hall–Kier alpha value is -2.58. The predicted molar refractivity (Wildman–Crippen MR) is 119 cm³/mol. The third-order valence-corrected chi connectivity index (χ3v) is 4.11. The van der Waals surface area contributed by atoms with Crippen molar-refractivity contribution in [3.05, 3.63) is 48.5 Å². The lowest BCUT2D eigenvalue weighted by Gasteiger charge is -2.19. The molecule has 0 aliphatic carbocycles. The first kappa shape index (κ1) is 20.7. The van der Waals surface area contributed by atoms with Crippen LogP contribution in [-0.2, 0) is 0 Å². The van der Waals surface area contributed by atoms with E-state index < -0.39 is 0 Å². The van der Waals surface area contributed by atoms with E-state index >= 15 is 0 Å². The Labute approximate surface area is 170 Å². The van der Waals surface area contributed by atoms with Crippen LogP contribution >= 0.6 is 24.4 Å². The molecule has 0 aliphatic heterocycles. The number of rotatable bonds is 7. The molecule has 0 saturated carbocycles. The van der Waals surface area contributed by atoms with E-state index in [0.717, 1.165) is 22.9 Å². The highest BCUT2D eigenvalue weighted by molar-refractivity contribution is 7.80. The van der Waals surface area contributed by atoms with E-state index in [1.54, 1.807) is 14.2 Å². The maximum atomic E-state index is 5.34. The van der Waals surface area contributed by atoms with Gasteiger partial charge < -0.3 is 30.7 Å². The largest absolute Gasteiger partial charge is 0.497 e. The number of anilines is 2. The van der Waals surface area contributed by atoms with Crippen LogP contribution < -0.4 is 30.7 Å². The topological polar surface area (TPSA) is 66.6 Å². The quantitative estimate of drug-likeness (QED) is 0.524. The second kappa shape index (κ2) is 10.5. The summed E-state index contributed by atoms with van der Waals surface area (Å²) in [5.41, 5.74) is 1.79. The molecule has 27 heavy (non-hydrogen) atoms.